The highest BCUT2D eigenvalue weighted by molar-refractivity contribution is 5.69. The van der Waals surface area contributed by atoms with Crippen molar-refractivity contribution >= 4 is 5.82 Å². The molecule has 0 aliphatic rings. The molecule has 0 atom stereocenters. The first-order valence-electron chi connectivity index (χ1n) is 5.33. The predicted molar refractivity (Wildman–Crippen MR) is 62.5 cm³/mol. The third-order valence-electron chi connectivity index (χ3n) is 2.77. The molecule has 0 spiro atoms. The second-order valence-corrected chi connectivity index (χ2v) is 3.90. The Balaban J connectivity index is 2.64. The number of aromatic amines is 1. The van der Waals surface area contributed by atoms with Crippen LogP contribution in [0.25, 0.3) is 11.3 Å². The summed E-state index contributed by atoms with van der Waals surface area (Å²) in [4.78, 5) is 0. The molecular formula is C12H13F2N3. The lowest BCUT2D eigenvalue weighted by molar-refractivity contribution is 0.579. The summed E-state index contributed by atoms with van der Waals surface area (Å²) in [5.74, 6) is -0.827. The van der Waals surface area contributed by atoms with Gasteiger partial charge in [-0.3, -0.25) is 5.10 Å². The van der Waals surface area contributed by atoms with E-state index in [1.165, 1.54) is 6.07 Å². The normalized spacial score (nSPS) is 10.8. The number of H-pyrrole nitrogens is 1. The summed E-state index contributed by atoms with van der Waals surface area (Å²) in [6, 6.07) is 2.33. The lowest BCUT2D eigenvalue weighted by Gasteiger charge is -2.06. The maximum atomic E-state index is 13.7. The van der Waals surface area contributed by atoms with E-state index in [1.54, 1.807) is 6.92 Å². The van der Waals surface area contributed by atoms with Crippen LogP contribution in [0.3, 0.4) is 0 Å². The van der Waals surface area contributed by atoms with E-state index in [2.05, 4.69) is 10.2 Å². The second-order valence-electron chi connectivity index (χ2n) is 3.90. The quantitative estimate of drug-likeness (QED) is 0.843. The average molecular weight is 237 g/mol. The number of aryl methyl sites for hydroxylation is 1. The zero-order valence-electron chi connectivity index (χ0n) is 9.64. The fraction of sp³-hybridized carbons (Fsp3) is 0.250. The number of hydrogen-bond acceptors (Lipinski definition) is 2. The standard InChI is InChI=1S/C12H13F2N3/c1-3-7-11(16-17-12(7)15)8-4-6(2)9(13)5-10(8)14/h4-5H,3H2,1-2H3,(H3,15,16,17). The van der Waals surface area contributed by atoms with Crippen molar-refractivity contribution in [1.82, 2.24) is 10.2 Å². The van der Waals surface area contributed by atoms with E-state index in [0.717, 1.165) is 11.6 Å². The van der Waals surface area contributed by atoms with Gasteiger partial charge in [-0.2, -0.15) is 5.10 Å². The van der Waals surface area contributed by atoms with Gasteiger partial charge >= 0.3 is 0 Å². The molecule has 0 saturated carbocycles. The van der Waals surface area contributed by atoms with Gasteiger partial charge in [-0.15, -0.1) is 0 Å². The Hall–Kier alpha value is -1.91. The van der Waals surface area contributed by atoms with Crippen LogP contribution in [-0.2, 0) is 6.42 Å². The van der Waals surface area contributed by atoms with Crippen molar-refractivity contribution in [1.29, 1.82) is 0 Å². The van der Waals surface area contributed by atoms with Crippen molar-refractivity contribution in [3.63, 3.8) is 0 Å². The first-order chi connectivity index (χ1) is 8.04. The highest BCUT2D eigenvalue weighted by atomic mass is 19.1. The van der Waals surface area contributed by atoms with Crippen LogP contribution in [0.15, 0.2) is 12.1 Å². The summed E-state index contributed by atoms with van der Waals surface area (Å²) < 4.78 is 26.9. The molecule has 0 saturated heterocycles. The first kappa shape index (κ1) is 11.6. The predicted octanol–water partition coefficient (Wildman–Crippen LogP) is 2.81. The number of nitrogens with two attached hydrogens (primary N) is 1. The van der Waals surface area contributed by atoms with E-state index in [4.69, 9.17) is 5.73 Å². The number of nitrogens with one attached hydrogen (secondary N) is 1. The molecule has 0 aliphatic carbocycles. The molecule has 0 amide bonds. The van der Waals surface area contributed by atoms with E-state index >= 15 is 0 Å². The number of hydrogen-bond donors (Lipinski definition) is 2. The molecule has 5 heteroatoms. The van der Waals surface area contributed by atoms with Crippen molar-refractivity contribution in [3.8, 4) is 11.3 Å². The van der Waals surface area contributed by atoms with Crippen molar-refractivity contribution in [3.05, 3.63) is 34.9 Å². The monoisotopic (exact) mass is 237 g/mol. The molecule has 17 heavy (non-hydrogen) atoms. The SMILES string of the molecule is CCc1c(N)n[nH]c1-c1cc(C)c(F)cc1F. The highest BCUT2D eigenvalue weighted by Gasteiger charge is 2.16. The maximum absolute atomic E-state index is 13.7. The molecule has 1 aromatic carbocycles. The van der Waals surface area contributed by atoms with Crippen LogP contribution >= 0.6 is 0 Å². The van der Waals surface area contributed by atoms with E-state index < -0.39 is 11.6 Å². The van der Waals surface area contributed by atoms with E-state index in [1.807, 2.05) is 6.92 Å². The fourth-order valence-corrected chi connectivity index (χ4v) is 1.81. The minimum Gasteiger partial charge on any atom is -0.382 e. The summed E-state index contributed by atoms with van der Waals surface area (Å²) in [6.45, 7) is 3.49. The number of benzene rings is 1. The van der Waals surface area contributed by atoms with Gasteiger partial charge in [0.05, 0.1) is 5.69 Å². The Labute approximate surface area is 97.7 Å². The molecule has 0 radical (unpaired) electrons. The molecule has 0 unspecified atom stereocenters. The van der Waals surface area contributed by atoms with Crippen molar-refractivity contribution in [2.75, 3.05) is 5.73 Å². The maximum Gasteiger partial charge on any atom is 0.149 e. The van der Waals surface area contributed by atoms with Crippen molar-refractivity contribution in [2.24, 2.45) is 0 Å². The van der Waals surface area contributed by atoms with Gasteiger partial charge in [0, 0.05) is 17.2 Å². The summed E-state index contributed by atoms with van der Waals surface area (Å²) in [6.07, 6.45) is 0.632. The van der Waals surface area contributed by atoms with Gasteiger partial charge in [0.25, 0.3) is 0 Å². The van der Waals surface area contributed by atoms with Gasteiger partial charge in [0.1, 0.15) is 17.5 Å². The molecule has 2 rings (SSSR count). The molecule has 1 aromatic heterocycles. The number of aromatic nitrogens is 2. The smallest absolute Gasteiger partial charge is 0.149 e. The molecule has 0 bridgehead atoms. The van der Waals surface area contributed by atoms with E-state index in [9.17, 15) is 8.78 Å². The van der Waals surface area contributed by atoms with Crippen LogP contribution in [0.4, 0.5) is 14.6 Å². The number of halogens is 2. The van der Waals surface area contributed by atoms with Crippen LogP contribution < -0.4 is 5.73 Å². The zero-order chi connectivity index (χ0) is 12.6. The van der Waals surface area contributed by atoms with Crippen molar-refractivity contribution in [2.45, 2.75) is 20.3 Å². The molecule has 0 fully saturated rings. The Morgan fingerprint density at radius 3 is 2.65 bits per heavy atom. The third kappa shape index (κ3) is 1.88. The molecule has 1 heterocycles. The van der Waals surface area contributed by atoms with Crippen LogP contribution in [0.2, 0.25) is 0 Å². The van der Waals surface area contributed by atoms with Crippen LogP contribution in [-0.4, -0.2) is 10.2 Å². The van der Waals surface area contributed by atoms with Gasteiger partial charge in [0.15, 0.2) is 0 Å². The third-order valence-corrected chi connectivity index (χ3v) is 2.77. The van der Waals surface area contributed by atoms with Gasteiger partial charge in [-0.05, 0) is 25.0 Å². The van der Waals surface area contributed by atoms with Crippen molar-refractivity contribution < 1.29 is 8.78 Å². The van der Waals surface area contributed by atoms with Crippen LogP contribution in [0.1, 0.15) is 18.1 Å². The number of nitrogens with zero attached hydrogens (tertiary/aromatic N) is 1. The van der Waals surface area contributed by atoms with E-state index in [0.29, 0.717) is 29.1 Å². The first-order valence-corrected chi connectivity index (χ1v) is 5.33. The molecule has 0 aliphatic heterocycles. The summed E-state index contributed by atoms with van der Waals surface area (Å²) in [5, 5.41) is 6.54. The lowest BCUT2D eigenvalue weighted by atomic mass is 10.0. The number of nitrogen functional groups attached to an aromatic ring is 1. The fourth-order valence-electron chi connectivity index (χ4n) is 1.81. The Morgan fingerprint density at radius 1 is 1.29 bits per heavy atom. The van der Waals surface area contributed by atoms with Gasteiger partial charge in [-0.25, -0.2) is 8.78 Å². The Kier molecular flexibility index (Phi) is 2.83. The molecule has 90 valence electrons. The lowest BCUT2D eigenvalue weighted by Crippen LogP contribution is -1.94. The highest BCUT2D eigenvalue weighted by Crippen LogP contribution is 2.29. The second kappa shape index (κ2) is 4.16. The van der Waals surface area contributed by atoms with Crippen LogP contribution in [0.5, 0.6) is 0 Å². The summed E-state index contributed by atoms with van der Waals surface area (Å²) >= 11 is 0. The Bertz CT molecular complexity index is 561. The molecule has 3 nitrogen and oxygen atoms in total. The minimum absolute atomic E-state index is 0.296. The molecule has 2 aromatic rings. The topological polar surface area (TPSA) is 54.7 Å². The summed E-state index contributed by atoms with van der Waals surface area (Å²) in [7, 11) is 0. The van der Waals surface area contributed by atoms with Crippen LogP contribution in [0, 0.1) is 18.6 Å². The van der Waals surface area contributed by atoms with Gasteiger partial charge in [0.2, 0.25) is 0 Å². The molecule has 3 N–H and O–H groups in total. The summed E-state index contributed by atoms with van der Waals surface area (Å²) in [5.41, 5.74) is 7.61. The van der Waals surface area contributed by atoms with E-state index in [-0.39, 0.29) is 0 Å². The molecular weight excluding hydrogens is 224 g/mol. The average Bonchev–Trinajstić information content (AvgIpc) is 2.64. The van der Waals surface area contributed by atoms with Gasteiger partial charge < -0.3 is 5.73 Å². The van der Waals surface area contributed by atoms with Gasteiger partial charge in [-0.1, -0.05) is 6.92 Å². The minimum atomic E-state index is -0.619. The Morgan fingerprint density at radius 2 is 2.00 bits per heavy atom. The number of rotatable bonds is 2. The number of anilines is 1. The zero-order valence-corrected chi connectivity index (χ0v) is 9.64. The largest absolute Gasteiger partial charge is 0.382 e.